The summed E-state index contributed by atoms with van der Waals surface area (Å²) in [7, 11) is 0. The van der Waals surface area contributed by atoms with Crippen molar-refractivity contribution in [2.75, 3.05) is 0 Å². The molecule has 2 aromatic heterocycles. The first-order chi connectivity index (χ1) is 14.0. The molecule has 0 saturated carbocycles. The number of benzene rings is 1. The molecule has 0 radical (unpaired) electrons. The third kappa shape index (κ3) is 3.61. The Balaban J connectivity index is 1.86. The second-order valence-corrected chi connectivity index (χ2v) is 6.88. The standard InChI is InChI=1S/C21H22FN7/c1-4-17-20(15-5-7-16(22)8-6-15)21-25-18(23)12-19(24-9-10-28(21)27-17)29-14(3)11-13(2)26-29/h5-9,11-12H,4,10H2,1-3H3,(H2,23,25)/b19-12+,24-9?. The van der Waals surface area contributed by atoms with Crippen LogP contribution in [0, 0.1) is 19.7 Å². The summed E-state index contributed by atoms with van der Waals surface area (Å²) in [5.74, 6) is 1.22. The molecule has 1 aliphatic heterocycles. The van der Waals surface area contributed by atoms with E-state index >= 15 is 0 Å². The van der Waals surface area contributed by atoms with Gasteiger partial charge in [-0.1, -0.05) is 19.1 Å². The van der Waals surface area contributed by atoms with E-state index in [0.29, 0.717) is 30.4 Å². The maximum Gasteiger partial charge on any atom is 0.161 e. The van der Waals surface area contributed by atoms with E-state index in [1.54, 1.807) is 33.8 Å². The highest BCUT2D eigenvalue weighted by molar-refractivity contribution is 5.99. The summed E-state index contributed by atoms with van der Waals surface area (Å²) in [5, 5.41) is 9.16. The number of hydrogen-bond acceptors (Lipinski definition) is 5. The summed E-state index contributed by atoms with van der Waals surface area (Å²) in [6, 6.07) is 8.31. The summed E-state index contributed by atoms with van der Waals surface area (Å²) in [6.07, 6.45) is 4.17. The molecule has 0 saturated heterocycles. The Labute approximate surface area is 168 Å². The van der Waals surface area contributed by atoms with Crippen LogP contribution in [0.5, 0.6) is 0 Å². The Morgan fingerprint density at radius 1 is 1.14 bits per heavy atom. The Hall–Kier alpha value is -3.55. The lowest BCUT2D eigenvalue weighted by Crippen LogP contribution is -2.11. The number of halogens is 1. The van der Waals surface area contributed by atoms with Crippen molar-refractivity contribution in [1.82, 2.24) is 19.6 Å². The van der Waals surface area contributed by atoms with Crippen molar-refractivity contribution in [2.45, 2.75) is 33.7 Å². The highest BCUT2D eigenvalue weighted by Gasteiger charge is 2.19. The van der Waals surface area contributed by atoms with Gasteiger partial charge in [-0.25, -0.2) is 23.7 Å². The average molecular weight is 391 g/mol. The van der Waals surface area contributed by atoms with Crippen LogP contribution < -0.4 is 5.73 Å². The van der Waals surface area contributed by atoms with Crippen LogP contribution in [0.1, 0.15) is 24.0 Å². The molecular formula is C21H22FN7. The quantitative estimate of drug-likeness (QED) is 0.740. The van der Waals surface area contributed by atoms with Crippen LogP contribution >= 0.6 is 0 Å². The van der Waals surface area contributed by atoms with Gasteiger partial charge in [0.25, 0.3) is 0 Å². The van der Waals surface area contributed by atoms with Crippen LogP contribution in [0.3, 0.4) is 0 Å². The maximum absolute atomic E-state index is 13.4. The van der Waals surface area contributed by atoms with E-state index in [1.807, 2.05) is 26.8 Å². The molecule has 0 spiro atoms. The van der Waals surface area contributed by atoms with E-state index in [2.05, 4.69) is 20.2 Å². The topological polar surface area (TPSA) is 86.4 Å². The van der Waals surface area contributed by atoms with Crippen LogP contribution in [-0.2, 0) is 13.0 Å². The smallest absolute Gasteiger partial charge is 0.161 e. The molecule has 7 nitrogen and oxygen atoms in total. The SMILES string of the molecule is CCc1nn2c(c1-c1ccc(F)cc1)N=C(N)/C=C(/n1nc(C)cc1C)N=CC2. The Morgan fingerprint density at radius 2 is 1.90 bits per heavy atom. The number of rotatable bonds is 3. The zero-order valence-electron chi connectivity index (χ0n) is 16.6. The van der Waals surface area contributed by atoms with Gasteiger partial charge in [0.05, 0.1) is 17.9 Å². The van der Waals surface area contributed by atoms with Crippen molar-refractivity contribution in [3.05, 3.63) is 59.3 Å². The number of nitrogens with zero attached hydrogens (tertiary/aromatic N) is 6. The van der Waals surface area contributed by atoms with E-state index in [9.17, 15) is 4.39 Å². The average Bonchev–Trinajstić information content (AvgIpc) is 3.21. The number of nitrogens with two attached hydrogens (primary N) is 1. The molecule has 29 heavy (non-hydrogen) atoms. The first-order valence-electron chi connectivity index (χ1n) is 9.44. The van der Waals surface area contributed by atoms with Gasteiger partial charge in [0.1, 0.15) is 11.7 Å². The lowest BCUT2D eigenvalue weighted by Gasteiger charge is -2.05. The molecular weight excluding hydrogens is 369 g/mol. The van der Waals surface area contributed by atoms with Crippen LogP contribution in [0.25, 0.3) is 16.9 Å². The molecule has 0 aliphatic carbocycles. The molecule has 2 N–H and O–H groups in total. The molecule has 0 atom stereocenters. The third-order valence-corrected chi connectivity index (χ3v) is 4.68. The van der Waals surface area contributed by atoms with Crippen LogP contribution in [0.15, 0.2) is 46.4 Å². The summed E-state index contributed by atoms with van der Waals surface area (Å²) in [5.41, 5.74) is 10.7. The third-order valence-electron chi connectivity index (χ3n) is 4.68. The number of aryl methyl sites for hydroxylation is 3. The fourth-order valence-corrected chi connectivity index (χ4v) is 3.41. The van der Waals surface area contributed by atoms with E-state index in [-0.39, 0.29) is 5.82 Å². The van der Waals surface area contributed by atoms with Gasteiger partial charge >= 0.3 is 0 Å². The second kappa shape index (κ2) is 7.46. The minimum absolute atomic E-state index is 0.286. The Bertz CT molecular complexity index is 1150. The number of aromatic nitrogens is 4. The lowest BCUT2D eigenvalue weighted by molar-refractivity contribution is 0.628. The molecule has 148 valence electrons. The number of fused-ring (bicyclic) bond motifs is 1. The van der Waals surface area contributed by atoms with Crippen molar-refractivity contribution in [3.63, 3.8) is 0 Å². The molecule has 4 rings (SSSR count). The van der Waals surface area contributed by atoms with Crippen molar-refractivity contribution < 1.29 is 4.39 Å². The minimum Gasteiger partial charge on any atom is -0.384 e. The molecule has 8 heteroatoms. The molecule has 0 amide bonds. The molecule has 0 bridgehead atoms. The number of amidine groups is 1. The predicted octanol–water partition coefficient (Wildman–Crippen LogP) is 3.64. The summed E-state index contributed by atoms with van der Waals surface area (Å²) in [4.78, 5) is 9.19. The monoisotopic (exact) mass is 391 g/mol. The van der Waals surface area contributed by atoms with Crippen LogP contribution in [0.4, 0.5) is 10.2 Å². The molecule has 1 aliphatic rings. The summed E-state index contributed by atoms with van der Waals surface area (Å²) < 4.78 is 16.9. The molecule has 3 heterocycles. The second-order valence-electron chi connectivity index (χ2n) is 6.88. The van der Waals surface area contributed by atoms with Gasteiger partial charge in [-0.05, 0) is 44.0 Å². The van der Waals surface area contributed by atoms with Gasteiger partial charge in [0, 0.05) is 23.5 Å². The van der Waals surface area contributed by atoms with Crippen molar-refractivity contribution >= 4 is 23.7 Å². The van der Waals surface area contributed by atoms with Crippen molar-refractivity contribution in [1.29, 1.82) is 0 Å². The van der Waals surface area contributed by atoms with E-state index < -0.39 is 0 Å². The van der Waals surface area contributed by atoms with E-state index in [0.717, 1.165) is 28.2 Å². The van der Waals surface area contributed by atoms with Gasteiger partial charge < -0.3 is 5.73 Å². The zero-order valence-corrected chi connectivity index (χ0v) is 16.6. The van der Waals surface area contributed by atoms with Crippen LogP contribution in [-0.4, -0.2) is 31.6 Å². The zero-order chi connectivity index (χ0) is 20.5. The number of hydrogen-bond donors (Lipinski definition) is 1. The van der Waals surface area contributed by atoms with E-state index in [1.165, 1.54) is 12.1 Å². The maximum atomic E-state index is 13.4. The Morgan fingerprint density at radius 3 is 2.55 bits per heavy atom. The van der Waals surface area contributed by atoms with Gasteiger partial charge in [0.2, 0.25) is 0 Å². The lowest BCUT2D eigenvalue weighted by atomic mass is 10.0. The summed E-state index contributed by atoms with van der Waals surface area (Å²) in [6.45, 7) is 6.34. The first kappa shape index (κ1) is 18.8. The van der Waals surface area contributed by atoms with Crippen LogP contribution in [0.2, 0.25) is 0 Å². The molecule has 0 fully saturated rings. The molecule has 1 aromatic carbocycles. The fourth-order valence-electron chi connectivity index (χ4n) is 3.41. The Kier molecular flexibility index (Phi) is 4.84. The molecule has 3 aromatic rings. The highest BCUT2D eigenvalue weighted by Crippen LogP contribution is 2.34. The highest BCUT2D eigenvalue weighted by atomic mass is 19.1. The van der Waals surface area contributed by atoms with Crippen molar-refractivity contribution in [2.24, 2.45) is 15.7 Å². The first-order valence-corrected chi connectivity index (χ1v) is 9.44. The normalized spacial score (nSPS) is 15.7. The van der Waals surface area contributed by atoms with Gasteiger partial charge in [-0.3, -0.25) is 0 Å². The van der Waals surface area contributed by atoms with Gasteiger partial charge in [-0.2, -0.15) is 10.2 Å². The fraction of sp³-hybridized carbons (Fsp3) is 0.238. The van der Waals surface area contributed by atoms with Crippen molar-refractivity contribution in [3.8, 4) is 11.1 Å². The predicted molar refractivity (Wildman–Crippen MR) is 113 cm³/mol. The number of aliphatic imine (C=N–C) groups is 2. The minimum atomic E-state index is -0.286. The van der Waals surface area contributed by atoms with Gasteiger partial charge in [-0.15, -0.1) is 0 Å². The largest absolute Gasteiger partial charge is 0.384 e. The molecule has 0 unspecified atom stereocenters. The van der Waals surface area contributed by atoms with Gasteiger partial charge in [0.15, 0.2) is 11.6 Å². The summed E-state index contributed by atoms with van der Waals surface area (Å²) >= 11 is 0. The van der Waals surface area contributed by atoms with E-state index in [4.69, 9.17) is 5.73 Å².